The summed E-state index contributed by atoms with van der Waals surface area (Å²) in [6, 6.07) is 6.85. The van der Waals surface area contributed by atoms with E-state index in [2.05, 4.69) is 10.3 Å². The first-order valence-electron chi connectivity index (χ1n) is 8.68. The number of hydrogen-bond acceptors (Lipinski definition) is 8. The van der Waals surface area contributed by atoms with Crippen LogP contribution in [0.3, 0.4) is 0 Å². The molecule has 2 heterocycles. The molecule has 2 fully saturated rings. The highest BCUT2D eigenvalue weighted by molar-refractivity contribution is 5.94. The third-order valence-corrected chi connectivity index (χ3v) is 4.42. The van der Waals surface area contributed by atoms with Crippen LogP contribution in [0.4, 0.5) is 5.69 Å². The number of hydrogen-bond donors (Lipinski definition) is 0. The Balaban J connectivity index is 1.64. The van der Waals surface area contributed by atoms with Crippen molar-refractivity contribution in [1.82, 2.24) is 5.01 Å². The topological polar surface area (TPSA) is 91.2 Å². The predicted molar refractivity (Wildman–Crippen MR) is 94.4 cm³/mol. The molecule has 0 radical (unpaired) electrons. The van der Waals surface area contributed by atoms with E-state index in [0.717, 1.165) is 0 Å². The first kappa shape index (κ1) is 19.7. The van der Waals surface area contributed by atoms with Crippen LogP contribution in [0.25, 0.3) is 0 Å². The quantitative estimate of drug-likeness (QED) is 0.425. The second-order valence-corrected chi connectivity index (χ2v) is 6.88. The molecule has 0 unspecified atom stereocenters. The summed E-state index contributed by atoms with van der Waals surface area (Å²) >= 11 is 0. The maximum Gasteiger partial charge on any atom is 0.340 e. The largest absolute Gasteiger partial charge is 0.465 e. The molecule has 4 atom stereocenters. The van der Waals surface area contributed by atoms with Crippen molar-refractivity contribution in [1.29, 1.82) is 0 Å². The van der Waals surface area contributed by atoms with Crippen molar-refractivity contribution in [2.24, 2.45) is 10.3 Å². The Hall–Kier alpha value is -2.07. The third-order valence-electron chi connectivity index (χ3n) is 4.42. The minimum Gasteiger partial charge on any atom is -0.465 e. The Morgan fingerprint density at radius 3 is 2.70 bits per heavy atom. The van der Waals surface area contributed by atoms with Crippen LogP contribution in [-0.4, -0.2) is 69.2 Å². The number of fused-ring (bicyclic) bond motifs is 1. The standard InChI is InChI=1S/C18H25N3O6/c1-18(2)26-15-14(23-4)13(25-17(15)27-18)10-21(3)20-19-12-9-7-6-8-11(12)16(22)24-5/h6-9,13-15,17H,10H2,1-5H3/t13-,14+,15-,17+/m0/s1. The van der Waals surface area contributed by atoms with Gasteiger partial charge >= 0.3 is 5.97 Å². The molecule has 1 aromatic carbocycles. The Morgan fingerprint density at radius 2 is 2.00 bits per heavy atom. The summed E-state index contributed by atoms with van der Waals surface area (Å²) in [5, 5.41) is 9.94. The van der Waals surface area contributed by atoms with Gasteiger partial charge in [-0.1, -0.05) is 17.4 Å². The number of rotatable bonds is 6. The fraction of sp³-hybridized carbons (Fsp3) is 0.611. The summed E-state index contributed by atoms with van der Waals surface area (Å²) in [5.74, 6) is -1.16. The third kappa shape index (κ3) is 4.27. The van der Waals surface area contributed by atoms with Gasteiger partial charge in [-0.25, -0.2) is 4.79 Å². The van der Waals surface area contributed by atoms with Crippen molar-refractivity contribution >= 4 is 11.7 Å². The Bertz CT molecular complexity index is 710. The Kier molecular flexibility index (Phi) is 5.75. The molecule has 0 spiro atoms. The van der Waals surface area contributed by atoms with Crippen LogP contribution in [0.5, 0.6) is 0 Å². The second-order valence-electron chi connectivity index (χ2n) is 6.88. The van der Waals surface area contributed by atoms with E-state index in [1.807, 2.05) is 13.8 Å². The lowest BCUT2D eigenvalue weighted by atomic mass is 10.1. The summed E-state index contributed by atoms with van der Waals surface area (Å²) in [7, 11) is 4.71. The zero-order valence-electron chi connectivity index (χ0n) is 16.1. The van der Waals surface area contributed by atoms with Crippen molar-refractivity contribution in [2.45, 2.75) is 44.2 Å². The van der Waals surface area contributed by atoms with Crippen LogP contribution in [0.2, 0.25) is 0 Å². The molecule has 2 saturated heterocycles. The van der Waals surface area contributed by atoms with E-state index < -0.39 is 18.0 Å². The number of ether oxygens (including phenoxy) is 5. The summed E-state index contributed by atoms with van der Waals surface area (Å²) in [6.45, 7) is 4.10. The van der Waals surface area contributed by atoms with Crippen LogP contribution in [0.1, 0.15) is 24.2 Å². The molecule has 0 aliphatic carbocycles. The van der Waals surface area contributed by atoms with Gasteiger partial charge in [0.25, 0.3) is 0 Å². The number of methoxy groups -OCH3 is 2. The van der Waals surface area contributed by atoms with Crippen molar-refractivity contribution in [3.05, 3.63) is 29.8 Å². The molecule has 2 aliphatic heterocycles. The monoisotopic (exact) mass is 379 g/mol. The predicted octanol–water partition coefficient (Wildman–Crippen LogP) is 2.30. The highest BCUT2D eigenvalue weighted by Gasteiger charge is 2.55. The number of carbonyl (C=O) groups excluding carboxylic acids is 1. The lowest BCUT2D eigenvalue weighted by molar-refractivity contribution is -0.217. The van der Waals surface area contributed by atoms with Gasteiger partial charge < -0.3 is 23.7 Å². The summed E-state index contributed by atoms with van der Waals surface area (Å²) in [6.07, 6.45) is -1.33. The molecule has 9 heteroatoms. The van der Waals surface area contributed by atoms with Gasteiger partial charge in [0.15, 0.2) is 12.1 Å². The highest BCUT2D eigenvalue weighted by atomic mass is 16.8. The number of esters is 1. The molecule has 0 N–H and O–H groups in total. The molecular weight excluding hydrogens is 354 g/mol. The van der Waals surface area contributed by atoms with Gasteiger partial charge in [-0.05, 0) is 26.0 Å². The number of nitrogens with zero attached hydrogens (tertiary/aromatic N) is 3. The minimum atomic E-state index is -0.694. The van der Waals surface area contributed by atoms with Crippen molar-refractivity contribution in [2.75, 3.05) is 27.8 Å². The Labute approximate surface area is 158 Å². The lowest BCUT2D eigenvalue weighted by Gasteiger charge is -2.26. The summed E-state index contributed by atoms with van der Waals surface area (Å²) in [4.78, 5) is 11.8. The molecule has 2 aliphatic rings. The normalized spacial score (nSPS) is 29.1. The molecule has 148 valence electrons. The van der Waals surface area contributed by atoms with Crippen LogP contribution in [0.15, 0.2) is 34.6 Å². The average Bonchev–Trinajstić information content (AvgIpc) is 3.09. The van der Waals surface area contributed by atoms with Gasteiger partial charge in [0.1, 0.15) is 24.0 Å². The molecule has 0 saturated carbocycles. The van der Waals surface area contributed by atoms with Crippen LogP contribution in [0, 0.1) is 0 Å². The van der Waals surface area contributed by atoms with E-state index in [1.165, 1.54) is 7.11 Å². The van der Waals surface area contributed by atoms with Crippen LogP contribution >= 0.6 is 0 Å². The molecule has 3 rings (SSSR count). The second kappa shape index (κ2) is 7.89. The maximum absolute atomic E-state index is 11.8. The van der Waals surface area contributed by atoms with Crippen molar-refractivity contribution in [3.63, 3.8) is 0 Å². The molecule has 9 nitrogen and oxygen atoms in total. The minimum absolute atomic E-state index is 0.281. The van der Waals surface area contributed by atoms with E-state index >= 15 is 0 Å². The van der Waals surface area contributed by atoms with E-state index in [9.17, 15) is 4.79 Å². The van der Waals surface area contributed by atoms with Gasteiger partial charge in [0.05, 0.1) is 19.2 Å². The van der Waals surface area contributed by atoms with Gasteiger partial charge in [-0.3, -0.25) is 5.01 Å². The molecule has 27 heavy (non-hydrogen) atoms. The number of likely N-dealkylation sites (N-methyl/N-ethyl adjacent to an activating group) is 1. The fourth-order valence-electron chi connectivity index (χ4n) is 3.24. The number of carbonyl (C=O) groups is 1. The van der Waals surface area contributed by atoms with Crippen LogP contribution in [-0.2, 0) is 23.7 Å². The van der Waals surface area contributed by atoms with E-state index in [0.29, 0.717) is 17.8 Å². The van der Waals surface area contributed by atoms with Crippen LogP contribution < -0.4 is 0 Å². The first-order chi connectivity index (χ1) is 12.8. The summed E-state index contributed by atoms with van der Waals surface area (Å²) < 4.78 is 27.9. The van der Waals surface area contributed by atoms with Crippen molar-refractivity contribution < 1.29 is 28.5 Å². The van der Waals surface area contributed by atoms with Gasteiger partial charge in [0.2, 0.25) is 0 Å². The SMILES string of the molecule is COC(=O)c1ccccc1N=NN(C)C[C@@H]1O[C@@H]2OC(C)(C)O[C@H]2[C@@H]1OC. The number of benzene rings is 1. The highest BCUT2D eigenvalue weighted by Crippen LogP contribution is 2.38. The van der Waals surface area contributed by atoms with E-state index in [4.69, 9.17) is 23.7 Å². The molecule has 0 amide bonds. The molecule has 1 aromatic rings. The zero-order valence-corrected chi connectivity index (χ0v) is 16.1. The maximum atomic E-state index is 11.8. The zero-order chi connectivity index (χ0) is 19.6. The lowest BCUT2D eigenvalue weighted by Crippen LogP contribution is -2.40. The van der Waals surface area contributed by atoms with Gasteiger partial charge in [0, 0.05) is 14.2 Å². The van der Waals surface area contributed by atoms with Crippen molar-refractivity contribution in [3.8, 4) is 0 Å². The van der Waals surface area contributed by atoms with Gasteiger partial charge in [-0.2, -0.15) is 0 Å². The molecular formula is C18H25N3O6. The summed E-state index contributed by atoms with van der Waals surface area (Å²) in [5.41, 5.74) is 0.778. The van der Waals surface area contributed by atoms with Gasteiger partial charge in [-0.15, -0.1) is 5.11 Å². The first-order valence-corrected chi connectivity index (χ1v) is 8.68. The average molecular weight is 379 g/mol. The Morgan fingerprint density at radius 1 is 1.26 bits per heavy atom. The van der Waals surface area contributed by atoms with E-state index in [1.54, 1.807) is 43.4 Å². The molecule has 0 aromatic heterocycles. The fourth-order valence-corrected chi connectivity index (χ4v) is 3.24. The van der Waals surface area contributed by atoms with E-state index in [-0.39, 0.29) is 18.3 Å². The smallest absolute Gasteiger partial charge is 0.340 e. The molecule has 0 bridgehead atoms.